The van der Waals surface area contributed by atoms with E-state index in [1.807, 2.05) is 29.2 Å². The molecule has 0 atom stereocenters. The summed E-state index contributed by atoms with van der Waals surface area (Å²) >= 11 is 1.64. The van der Waals surface area contributed by atoms with Crippen LogP contribution in [0.15, 0.2) is 53.4 Å². The summed E-state index contributed by atoms with van der Waals surface area (Å²) in [7, 11) is 1.11. The molecule has 34 heavy (non-hydrogen) atoms. The highest BCUT2D eigenvalue weighted by Crippen LogP contribution is 2.31. The fourth-order valence-electron chi connectivity index (χ4n) is 3.91. The van der Waals surface area contributed by atoms with Gasteiger partial charge in [-0.05, 0) is 54.8 Å². The van der Waals surface area contributed by atoms with Crippen LogP contribution in [0.5, 0.6) is 5.75 Å². The highest BCUT2D eigenvalue weighted by Gasteiger charge is 2.27. The number of benzene rings is 2. The number of sulfonamides is 1. The largest absolute Gasteiger partial charge is 0.497 e. The monoisotopic (exact) mass is 500 g/mol. The average Bonchev–Trinajstić information content (AvgIpc) is 3.32. The fourth-order valence-corrected chi connectivity index (χ4v) is 5.86. The first-order valence-electron chi connectivity index (χ1n) is 11.0. The number of amides is 1. The number of carbonyl (C=O) groups is 1. The van der Waals surface area contributed by atoms with E-state index in [1.54, 1.807) is 30.6 Å². The van der Waals surface area contributed by atoms with Crippen molar-refractivity contribution in [2.75, 3.05) is 34.3 Å². The van der Waals surface area contributed by atoms with Crippen LogP contribution < -0.4 is 4.74 Å². The number of carbonyl (C=O) groups excluding carboxylic acids is 1. The molecule has 4 rings (SSSR count). The molecule has 1 fully saturated rings. The Labute approximate surface area is 204 Å². The van der Waals surface area contributed by atoms with E-state index in [0.29, 0.717) is 24.6 Å². The van der Waals surface area contributed by atoms with Gasteiger partial charge in [-0.1, -0.05) is 12.1 Å². The lowest BCUT2D eigenvalue weighted by atomic mass is 9.97. The molecular weight excluding hydrogens is 472 g/mol. The van der Waals surface area contributed by atoms with Crippen LogP contribution in [0.1, 0.15) is 44.7 Å². The molecule has 0 unspecified atom stereocenters. The molecule has 1 aliphatic heterocycles. The fraction of sp³-hybridized carbons (Fsp3) is 0.375. The molecule has 1 aromatic heterocycles. The molecule has 10 heteroatoms. The number of piperidine rings is 1. The summed E-state index contributed by atoms with van der Waals surface area (Å²) < 4.78 is 30.8. The van der Waals surface area contributed by atoms with Crippen molar-refractivity contribution in [3.05, 3.63) is 69.7 Å². The van der Waals surface area contributed by atoms with Crippen molar-refractivity contribution < 1.29 is 17.9 Å². The number of ether oxygens (including phenoxy) is 1. The summed E-state index contributed by atoms with van der Waals surface area (Å²) in [6.45, 7) is 1.27. The standard InChI is InChI=1S/C24H28N4O4S2/c1-27(2)34(30,31)21-10-6-19(7-11-21)24(29)28-14-12-18(13-15-28)23-26-25-22(33-23)16-17-4-8-20(32-3)9-5-17/h4-11,18H,12-16H2,1-3H3. The van der Waals surface area contributed by atoms with E-state index in [1.165, 1.54) is 26.2 Å². The van der Waals surface area contributed by atoms with E-state index < -0.39 is 10.0 Å². The van der Waals surface area contributed by atoms with Crippen LogP contribution in [0.3, 0.4) is 0 Å². The quantitative estimate of drug-likeness (QED) is 0.494. The molecule has 3 aromatic rings. The number of methoxy groups -OCH3 is 1. The van der Waals surface area contributed by atoms with Gasteiger partial charge in [0, 0.05) is 45.1 Å². The molecular formula is C24H28N4O4S2. The molecule has 0 radical (unpaired) electrons. The normalized spacial score (nSPS) is 15.0. The minimum Gasteiger partial charge on any atom is -0.497 e. The first-order valence-corrected chi connectivity index (χ1v) is 13.3. The molecule has 8 nitrogen and oxygen atoms in total. The summed E-state index contributed by atoms with van der Waals surface area (Å²) in [6, 6.07) is 14.1. The Bertz CT molecular complexity index is 1230. The van der Waals surface area contributed by atoms with E-state index in [0.717, 1.165) is 44.9 Å². The summed E-state index contributed by atoms with van der Waals surface area (Å²) in [5.74, 6) is 1.04. The van der Waals surface area contributed by atoms with Crippen LogP contribution in [0.4, 0.5) is 0 Å². The highest BCUT2D eigenvalue weighted by molar-refractivity contribution is 7.89. The van der Waals surface area contributed by atoms with Gasteiger partial charge in [0.1, 0.15) is 15.8 Å². The predicted octanol–water partition coefficient (Wildman–Crippen LogP) is 3.41. The SMILES string of the molecule is COc1ccc(Cc2nnc(C3CCN(C(=O)c4ccc(S(=O)(=O)N(C)C)cc4)CC3)s2)cc1. The summed E-state index contributed by atoms with van der Waals surface area (Å²) in [5.41, 5.74) is 1.65. The van der Waals surface area contributed by atoms with Gasteiger partial charge in [-0.15, -0.1) is 21.5 Å². The van der Waals surface area contributed by atoms with Crippen molar-refractivity contribution in [3.8, 4) is 5.75 Å². The summed E-state index contributed by atoms with van der Waals surface area (Å²) in [6.07, 6.45) is 2.39. The molecule has 1 aliphatic rings. The maximum absolute atomic E-state index is 12.9. The van der Waals surface area contributed by atoms with E-state index >= 15 is 0 Å². The highest BCUT2D eigenvalue weighted by atomic mass is 32.2. The van der Waals surface area contributed by atoms with Crippen molar-refractivity contribution in [1.29, 1.82) is 0 Å². The lowest BCUT2D eigenvalue weighted by Gasteiger charge is -2.31. The second-order valence-corrected chi connectivity index (χ2v) is 11.7. The van der Waals surface area contributed by atoms with E-state index in [-0.39, 0.29) is 10.8 Å². The molecule has 0 bridgehead atoms. The van der Waals surface area contributed by atoms with Gasteiger partial charge in [0.25, 0.3) is 5.91 Å². The van der Waals surface area contributed by atoms with Crippen LogP contribution in [0.2, 0.25) is 0 Å². The van der Waals surface area contributed by atoms with Gasteiger partial charge in [-0.3, -0.25) is 4.79 Å². The van der Waals surface area contributed by atoms with Crippen molar-refractivity contribution in [2.45, 2.75) is 30.1 Å². The lowest BCUT2D eigenvalue weighted by Crippen LogP contribution is -2.37. The third-order valence-electron chi connectivity index (χ3n) is 6.01. The van der Waals surface area contributed by atoms with Gasteiger partial charge < -0.3 is 9.64 Å². The van der Waals surface area contributed by atoms with Crippen molar-refractivity contribution in [3.63, 3.8) is 0 Å². The number of likely N-dealkylation sites (tertiary alicyclic amines) is 1. The first-order chi connectivity index (χ1) is 16.3. The minimum atomic E-state index is -3.51. The van der Waals surface area contributed by atoms with Gasteiger partial charge in [0.05, 0.1) is 12.0 Å². The lowest BCUT2D eigenvalue weighted by molar-refractivity contribution is 0.0712. The van der Waals surface area contributed by atoms with Gasteiger partial charge in [-0.25, -0.2) is 12.7 Å². The van der Waals surface area contributed by atoms with Crippen LogP contribution in [-0.2, 0) is 16.4 Å². The minimum absolute atomic E-state index is 0.0790. The van der Waals surface area contributed by atoms with Crippen LogP contribution in [0.25, 0.3) is 0 Å². The van der Waals surface area contributed by atoms with Crippen molar-refractivity contribution in [2.24, 2.45) is 0 Å². The second kappa shape index (κ2) is 10.2. The van der Waals surface area contributed by atoms with Crippen molar-refractivity contribution >= 4 is 27.3 Å². The second-order valence-electron chi connectivity index (χ2n) is 8.44. The van der Waals surface area contributed by atoms with Crippen LogP contribution in [-0.4, -0.2) is 68.0 Å². The van der Waals surface area contributed by atoms with Gasteiger partial charge in [0.2, 0.25) is 10.0 Å². The average molecular weight is 501 g/mol. The third kappa shape index (κ3) is 5.29. The third-order valence-corrected chi connectivity index (χ3v) is 8.92. The maximum Gasteiger partial charge on any atom is 0.253 e. The molecule has 0 N–H and O–H groups in total. The maximum atomic E-state index is 12.9. The van der Waals surface area contributed by atoms with Gasteiger partial charge in [-0.2, -0.15) is 0 Å². The molecule has 2 heterocycles. The molecule has 1 saturated heterocycles. The van der Waals surface area contributed by atoms with E-state index in [4.69, 9.17) is 4.74 Å². The Kier molecular flexibility index (Phi) is 7.30. The zero-order chi connectivity index (χ0) is 24.3. The Morgan fingerprint density at radius 2 is 1.71 bits per heavy atom. The Hall–Kier alpha value is -2.82. The van der Waals surface area contributed by atoms with E-state index in [2.05, 4.69) is 10.2 Å². The Morgan fingerprint density at radius 3 is 2.29 bits per heavy atom. The van der Waals surface area contributed by atoms with Crippen LogP contribution in [0, 0.1) is 0 Å². The summed E-state index contributed by atoms with van der Waals surface area (Å²) in [5, 5.41) is 10.8. The number of rotatable bonds is 7. The molecule has 0 saturated carbocycles. The van der Waals surface area contributed by atoms with Crippen molar-refractivity contribution in [1.82, 2.24) is 19.4 Å². The zero-order valence-corrected chi connectivity index (χ0v) is 21.1. The zero-order valence-electron chi connectivity index (χ0n) is 19.5. The molecule has 2 aromatic carbocycles. The van der Waals surface area contributed by atoms with Gasteiger partial charge in [0.15, 0.2) is 0 Å². The summed E-state index contributed by atoms with van der Waals surface area (Å²) in [4.78, 5) is 14.9. The number of hydrogen-bond acceptors (Lipinski definition) is 7. The van der Waals surface area contributed by atoms with Gasteiger partial charge >= 0.3 is 0 Å². The molecule has 180 valence electrons. The smallest absolute Gasteiger partial charge is 0.253 e. The van der Waals surface area contributed by atoms with E-state index in [9.17, 15) is 13.2 Å². The Morgan fingerprint density at radius 1 is 1.06 bits per heavy atom. The molecule has 0 aliphatic carbocycles. The first kappa shape index (κ1) is 24.3. The van der Waals surface area contributed by atoms with Crippen LogP contribution >= 0.6 is 11.3 Å². The number of hydrogen-bond donors (Lipinski definition) is 0. The Balaban J connectivity index is 1.34. The number of aromatic nitrogens is 2. The topological polar surface area (TPSA) is 92.7 Å². The molecule has 0 spiro atoms. The number of nitrogens with zero attached hydrogens (tertiary/aromatic N) is 4. The molecule has 1 amide bonds. The predicted molar refractivity (Wildman–Crippen MR) is 131 cm³/mol.